The number of nitrogens with one attached hydrogen (secondary N) is 1. The Balaban J connectivity index is 1.90. The van der Waals surface area contributed by atoms with Crippen LogP contribution in [0.2, 0.25) is 0 Å². The quantitative estimate of drug-likeness (QED) is 0.766. The van der Waals surface area contributed by atoms with Gasteiger partial charge in [0.15, 0.2) is 0 Å². The molecule has 0 spiro atoms. The lowest BCUT2D eigenvalue weighted by Crippen LogP contribution is -2.27. The lowest BCUT2D eigenvalue weighted by Gasteiger charge is -2.16. The van der Waals surface area contributed by atoms with Crippen molar-refractivity contribution in [3.8, 4) is 0 Å². The Labute approximate surface area is 121 Å². The molecule has 6 heteroatoms. The van der Waals surface area contributed by atoms with E-state index in [4.69, 9.17) is 5.73 Å². The minimum Gasteiger partial charge on any atom is -0.398 e. The number of nitrogen functional groups attached to an aromatic ring is 1. The summed E-state index contributed by atoms with van der Waals surface area (Å²) < 4.78 is 0. The Morgan fingerprint density at radius 1 is 1.38 bits per heavy atom. The van der Waals surface area contributed by atoms with Crippen LogP contribution in [0.4, 0.5) is 5.69 Å². The molecule has 0 aliphatic heterocycles. The standard InChI is InChI=1S/C15H15N5O/c1-20(9-10-7-17-18-8-10)15(21)14-6-12(16)11-4-2-3-5-13(11)19-14/h2-8H,9H2,1H3,(H2,16,19)(H,17,18). The molecule has 0 bridgehead atoms. The highest BCUT2D eigenvalue weighted by molar-refractivity contribution is 5.99. The lowest BCUT2D eigenvalue weighted by atomic mass is 10.1. The molecule has 3 N–H and O–H groups in total. The van der Waals surface area contributed by atoms with Gasteiger partial charge in [-0.25, -0.2) is 4.98 Å². The number of aromatic nitrogens is 3. The van der Waals surface area contributed by atoms with Crippen molar-refractivity contribution in [3.63, 3.8) is 0 Å². The lowest BCUT2D eigenvalue weighted by molar-refractivity contribution is 0.0780. The van der Waals surface area contributed by atoms with Crippen molar-refractivity contribution in [1.82, 2.24) is 20.1 Å². The largest absolute Gasteiger partial charge is 0.398 e. The molecule has 2 heterocycles. The fourth-order valence-electron chi connectivity index (χ4n) is 2.22. The molecule has 3 rings (SSSR count). The average molecular weight is 281 g/mol. The van der Waals surface area contributed by atoms with Crippen LogP contribution in [-0.2, 0) is 6.54 Å². The topological polar surface area (TPSA) is 87.9 Å². The Morgan fingerprint density at radius 2 is 2.19 bits per heavy atom. The van der Waals surface area contributed by atoms with E-state index in [-0.39, 0.29) is 5.91 Å². The number of rotatable bonds is 3. The second-order valence-corrected chi connectivity index (χ2v) is 4.88. The van der Waals surface area contributed by atoms with Gasteiger partial charge in [0.1, 0.15) is 5.69 Å². The molecule has 21 heavy (non-hydrogen) atoms. The molecule has 106 valence electrons. The first-order valence-corrected chi connectivity index (χ1v) is 6.53. The van der Waals surface area contributed by atoms with Crippen LogP contribution in [0.15, 0.2) is 42.7 Å². The van der Waals surface area contributed by atoms with Gasteiger partial charge in [-0.05, 0) is 12.1 Å². The maximum absolute atomic E-state index is 12.4. The molecule has 3 aromatic rings. The maximum atomic E-state index is 12.4. The summed E-state index contributed by atoms with van der Waals surface area (Å²) in [6.07, 6.45) is 3.44. The van der Waals surface area contributed by atoms with Crippen molar-refractivity contribution in [2.75, 3.05) is 12.8 Å². The summed E-state index contributed by atoms with van der Waals surface area (Å²) in [4.78, 5) is 18.4. The summed E-state index contributed by atoms with van der Waals surface area (Å²) in [5, 5.41) is 7.44. The van der Waals surface area contributed by atoms with E-state index in [0.29, 0.717) is 17.9 Å². The Bertz CT molecular complexity index is 782. The molecule has 0 saturated heterocycles. The van der Waals surface area contributed by atoms with Crippen LogP contribution in [0.25, 0.3) is 10.9 Å². The fourth-order valence-corrected chi connectivity index (χ4v) is 2.22. The third-order valence-electron chi connectivity index (χ3n) is 3.29. The minimum absolute atomic E-state index is 0.173. The zero-order chi connectivity index (χ0) is 14.8. The van der Waals surface area contributed by atoms with Crippen molar-refractivity contribution in [2.45, 2.75) is 6.54 Å². The van der Waals surface area contributed by atoms with Crippen LogP contribution >= 0.6 is 0 Å². The minimum atomic E-state index is -0.173. The zero-order valence-electron chi connectivity index (χ0n) is 11.6. The smallest absolute Gasteiger partial charge is 0.272 e. The van der Waals surface area contributed by atoms with Gasteiger partial charge in [0.25, 0.3) is 5.91 Å². The van der Waals surface area contributed by atoms with E-state index in [9.17, 15) is 4.79 Å². The molecule has 2 aromatic heterocycles. The number of hydrogen-bond acceptors (Lipinski definition) is 4. The van der Waals surface area contributed by atoms with E-state index >= 15 is 0 Å². The van der Waals surface area contributed by atoms with Gasteiger partial charge in [-0.2, -0.15) is 5.10 Å². The first-order chi connectivity index (χ1) is 10.1. The first-order valence-electron chi connectivity index (χ1n) is 6.53. The number of fused-ring (bicyclic) bond motifs is 1. The molecule has 1 aromatic carbocycles. The number of benzene rings is 1. The van der Waals surface area contributed by atoms with Gasteiger partial charge < -0.3 is 10.6 Å². The van der Waals surface area contributed by atoms with E-state index < -0.39 is 0 Å². The average Bonchev–Trinajstić information content (AvgIpc) is 2.99. The number of nitrogens with two attached hydrogens (primary N) is 1. The predicted molar refractivity (Wildman–Crippen MR) is 80.5 cm³/mol. The van der Waals surface area contributed by atoms with Crippen LogP contribution in [0.5, 0.6) is 0 Å². The van der Waals surface area contributed by atoms with E-state index in [1.807, 2.05) is 24.3 Å². The molecule has 0 fully saturated rings. The Morgan fingerprint density at radius 3 is 2.95 bits per heavy atom. The molecule has 0 unspecified atom stereocenters. The number of aromatic amines is 1. The number of para-hydroxylation sites is 1. The zero-order valence-corrected chi connectivity index (χ0v) is 11.6. The molecule has 1 amide bonds. The molecule has 0 aliphatic carbocycles. The van der Waals surface area contributed by atoms with E-state index in [2.05, 4.69) is 15.2 Å². The summed E-state index contributed by atoms with van der Waals surface area (Å²) in [5.74, 6) is -0.173. The number of hydrogen-bond donors (Lipinski definition) is 2. The summed E-state index contributed by atoms with van der Waals surface area (Å²) in [6.45, 7) is 0.462. The summed E-state index contributed by atoms with van der Waals surface area (Å²) >= 11 is 0. The van der Waals surface area contributed by atoms with E-state index in [0.717, 1.165) is 16.5 Å². The van der Waals surface area contributed by atoms with Crippen LogP contribution in [0.1, 0.15) is 16.1 Å². The van der Waals surface area contributed by atoms with Crippen molar-refractivity contribution >= 4 is 22.5 Å². The third-order valence-corrected chi connectivity index (χ3v) is 3.29. The summed E-state index contributed by atoms with van der Waals surface area (Å²) in [5.41, 5.74) is 8.56. The van der Waals surface area contributed by atoms with Gasteiger partial charge in [-0.1, -0.05) is 18.2 Å². The van der Waals surface area contributed by atoms with Crippen LogP contribution in [0.3, 0.4) is 0 Å². The predicted octanol–water partition coefficient (Wildman–Crippen LogP) is 1.81. The number of pyridine rings is 1. The fraction of sp³-hybridized carbons (Fsp3) is 0.133. The summed E-state index contributed by atoms with van der Waals surface area (Å²) in [6, 6.07) is 9.13. The molecule has 0 saturated carbocycles. The Hall–Kier alpha value is -2.89. The summed E-state index contributed by atoms with van der Waals surface area (Å²) in [7, 11) is 1.72. The van der Waals surface area contributed by atoms with E-state index in [1.54, 1.807) is 30.4 Å². The van der Waals surface area contributed by atoms with Gasteiger partial charge in [-0.15, -0.1) is 0 Å². The van der Waals surface area contributed by atoms with Crippen LogP contribution in [0, 0.1) is 0 Å². The van der Waals surface area contributed by atoms with Crippen LogP contribution < -0.4 is 5.73 Å². The second kappa shape index (κ2) is 5.24. The van der Waals surface area contributed by atoms with Crippen molar-refractivity contribution in [2.24, 2.45) is 0 Å². The second-order valence-electron chi connectivity index (χ2n) is 4.88. The van der Waals surface area contributed by atoms with Gasteiger partial charge in [-0.3, -0.25) is 9.89 Å². The number of amides is 1. The highest BCUT2D eigenvalue weighted by Gasteiger charge is 2.15. The highest BCUT2D eigenvalue weighted by atomic mass is 16.2. The first kappa shape index (κ1) is 13.1. The molecule has 0 atom stereocenters. The number of carbonyl (C=O) groups is 1. The van der Waals surface area contributed by atoms with Crippen molar-refractivity contribution in [3.05, 3.63) is 54.0 Å². The molecule has 0 aliphatic rings. The normalized spacial score (nSPS) is 10.7. The molecule has 6 nitrogen and oxygen atoms in total. The highest BCUT2D eigenvalue weighted by Crippen LogP contribution is 2.20. The molecular formula is C15H15N5O. The Kier molecular flexibility index (Phi) is 3.27. The van der Waals surface area contributed by atoms with Gasteiger partial charge in [0, 0.05) is 36.4 Å². The number of H-pyrrole nitrogens is 1. The number of anilines is 1. The number of nitrogens with zero attached hydrogens (tertiary/aromatic N) is 3. The SMILES string of the molecule is CN(Cc1cn[nH]c1)C(=O)c1cc(N)c2ccccc2n1. The third kappa shape index (κ3) is 2.55. The molecular weight excluding hydrogens is 266 g/mol. The number of carbonyl (C=O) groups excluding carboxylic acids is 1. The van der Waals surface area contributed by atoms with Crippen molar-refractivity contribution in [1.29, 1.82) is 0 Å². The monoisotopic (exact) mass is 281 g/mol. The van der Waals surface area contributed by atoms with Gasteiger partial charge in [0.2, 0.25) is 0 Å². The van der Waals surface area contributed by atoms with Gasteiger partial charge in [0.05, 0.1) is 11.7 Å². The van der Waals surface area contributed by atoms with E-state index in [1.165, 1.54) is 0 Å². The van der Waals surface area contributed by atoms with Gasteiger partial charge >= 0.3 is 0 Å². The molecule has 0 radical (unpaired) electrons. The van der Waals surface area contributed by atoms with Crippen molar-refractivity contribution < 1.29 is 4.79 Å². The van der Waals surface area contributed by atoms with Crippen LogP contribution in [-0.4, -0.2) is 33.0 Å². The maximum Gasteiger partial charge on any atom is 0.272 e.